The number of aryl methyl sites for hydroxylation is 3. The second kappa shape index (κ2) is 6.66. The molecule has 0 amide bonds. The summed E-state index contributed by atoms with van der Waals surface area (Å²) in [5, 5.41) is 12.0. The lowest BCUT2D eigenvalue weighted by Crippen LogP contribution is -2.27. The Bertz CT molecular complexity index is 937. The van der Waals surface area contributed by atoms with Gasteiger partial charge in [0, 0.05) is 37.8 Å². The van der Waals surface area contributed by atoms with Gasteiger partial charge in [-0.2, -0.15) is 19.7 Å². The summed E-state index contributed by atoms with van der Waals surface area (Å²) in [5.74, 6) is 2.39. The third-order valence-electron chi connectivity index (χ3n) is 4.55. The monoisotopic (exact) mass is 342 g/mol. The van der Waals surface area contributed by atoms with Crippen LogP contribution >= 0.6 is 0 Å². The maximum absolute atomic E-state index is 12.3. The van der Waals surface area contributed by atoms with Crippen molar-refractivity contribution in [3.8, 4) is 0 Å². The molecule has 0 saturated heterocycles. The van der Waals surface area contributed by atoms with E-state index in [1.807, 2.05) is 10.6 Å². The van der Waals surface area contributed by atoms with E-state index in [0.29, 0.717) is 12.3 Å². The van der Waals surface area contributed by atoms with Crippen molar-refractivity contribution in [2.45, 2.75) is 52.1 Å². The van der Waals surface area contributed by atoms with Crippen molar-refractivity contribution in [3.63, 3.8) is 0 Å². The van der Waals surface area contributed by atoms with E-state index in [1.165, 1.54) is 6.33 Å². The van der Waals surface area contributed by atoms with Crippen LogP contribution in [0.3, 0.4) is 0 Å². The molecule has 0 atom stereocenters. The highest BCUT2D eigenvalue weighted by molar-refractivity contribution is 5.44. The van der Waals surface area contributed by atoms with E-state index in [2.05, 4.69) is 32.4 Å². The SMILES string of the molecule is CCc1cc(NCCCn2nc3n(c2=O)CCCC3)n2ncnc2n1. The first-order valence-electron chi connectivity index (χ1n) is 8.86. The fourth-order valence-corrected chi connectivity index (χ4v) is 3.21. The number of aromatic nitrogens is 7. The van der Waals surface area contributed by atoms with Crippen LogP contribution in [0.5, 0.6) is 0 Å². The minimum atomic E-state index is 0.0190. The average molecular weight is 342 g/mol. The Morgan fingerprint density at radius 3 is 3.08 bits per heavy atom. The molecule has 4 rings (SSSR count). The van der Waals surface area contributed by atoms with Crippen LogP contribution in [0.15, 0.2) is 17.2 Å². The van der Waals surface area contributed by atoms with Crippen molar-refractivity contribution in [1.82, 2.24) is 33.9 Å². The maximum atomic E-state index is 12.3. The summed E-state index contributed by atoms with van der Waals surface area (Å²) in [6, 6.07) is 1.99. The van der Waals surface area contributed by atoms with E-state index in [-0.39, 0.29) is 5.69 Å². The molecule has 0 unspecified atom stereocenters. The third kappa shape index (κ3) is 3.01. The van der Waals surface area contributed by atoms with Gasteiger partial charge in [0.05, 0.1) is 0 Å². The Labute approximate surface area is 144 Å². The molecule has 3 aromatic heterocycles. The summed E-state index contributed by atoms with van der Waals surface area (Å²) in [7, 11) is 0. The molecule has 9 heteroatoms. The van der Waals surface area contributed by atoms with E-state index in [1.54, 1.807) is 9.20 Å². The van der Waals surface area contributed by atoms with Crippen molar-refractivity contribution >= 4 is 11.6 Å². The van der Waals surface area contributed by atoms with Gasteiger partial charge in [-0.05, 0) is 25.7 Å². The molecule has 0 fully saturated rings. The summed E-state index contributed by atoms with van der Waals surface area (Å²) in [6.45, 7) is 4.19. The predicted molar refractivity (Wildman–Crippen MR) is 92.7 cm³/mol. The fourth-order valence-electron chi connectivity index (χ4n) is 3.21. The summed E-state index contributed by atoms with van der Waals surface area (Å²) in [6.07, 6.45) is 6.23. The van der Waals surface area contributed by atoms with E-state index >= 15 is 0 Å². The smallest absolute Gasteiger partial charge is 0.345 e. The Morgan fingerprint density at radius 1 is 1.32 bits per heavy atom. The number of hydrogen-bond donors (Lipinski definition) is 1. The first kappa shape index (κ1) is 15.8. The van der Waals surface area contributed by atoms with Crippen LogP contribution in [-0.4, -0.2) is 40.5 Å². The number of nitrogens with one attached hydrogen (secondary N) is 1. The molecule has 0 spiro atoms. The molecule has 0 radical (unpaired) electrons. The zero-order valence-electron chi connectivity index (χ0n) is 14.4. The van der Waals surface area contributed by atoms with Gasteiger partial charge in [-0.1, -0.05) is 6.92 Å². The van der Waals surface area contributed by atoms with Crippen molar-refractivity contribution in [2.75, 3.05) is 11.9 Å². The lowest BCUT2D eigenvalue weighted by atomic mass is 10.2. The van der Waals surface area contributed by atoms with Crippen LogP contribution in [-0.2, 0) is 25.9 Å². The van der Waals surface area contributed by atoms with Crippen molar-refractivity contribution in [3.05, 3.63) is 34.4 Å². The topological polar surface area (TPSA) is 94.9 Å². The van der Waals surface area contributed by atoms with E-state index in [4.69, 9.17) is 0 Å². The van der Waals surface area contributed by atoms with Crippen LogP contribution in [0.1, 0.15) is 37.7 Å². The molecule has 25 heavy (non-hydrogen) atoms. The summed E-state index contributed by atoms with van der Waals surface area (Å²) >= 11 is 0. The number of anilines is 1. The van der Waals surface area contributed by atoms with Crippen molar-refractivity contribution < 1.29 is 0 Å². The highest BCUT2D eigenvalue weighted by Crippen LogP contribution is 2.12. The van der Waals surface area contributed by atoms with Crippen LogP contribution in [0.4, 0.5) is 5.82 Å². The molecule has 3 aromatic rings. The summed E-state index contributed by atoms with van der Waals surface area (Å²) in [4.78, 5) is 20.9. The molecule has 0 saturated carbocycles. The van der Waals surface area contributed by atoms with Gasteiger partial charge < -0.3 is 5.32 Å². The molecule has 0 aliphatic carbocycles. The van der Waals surface area contributed by atoms with Crippen molar-refractivity contribution in [2.24, 2.45) is 0 Å². The second-order valence-corrected chi connectivity index (χ2v) is 6.27. The summed E-state index contributed by atoms with van der Waals surface area (Å²) in [5.41, 5.74) is 0.992. The molecule has 1 aliphatic heterocycles. The Hall–Kier alpha value is -2.71. The number of nitrogens with zero attached hydrogens (tertiary/aromatic N) is 7. The van der Waals surface area contributed by atoms with Crippen LogP contribution in [0, 0.1) is 0 Å². The first-order chi connectivity index (χ1) is 12.3. The van der Waals surface area contributed by atoms with Gasteiger partial charge in [-0.25, -0.2) is 14.5 Å². The Balaban J connectivity index is 1.41. The lowest BCUT2D eigenvalue weighted by molar-refractivity contribution is 0.510. The quantitative estimate of drug-likeness (QED) is 0.668. The molecular weight excluding hydrogens is 320 g/mol. The zero-order chi connectivity index (χ0) is 17.2. The highest BCUT2D eigenvalue weighted by atomic mass is 16.2. The second-order valence-electron chi connectivity index (χ2n) is 6.27. The van der Waals surface area contributed by atoms with Gasteiger partial charge >= 0.3 is 5.69 Å². The van der Waals surface area contributed by atoms with Crippen LogP contribution in [0.25, 0.3) is 5.78 Å². The van der Waals surface area contributed by atoms with Gasteiger partial charge in [0.2, 0.25) is 0 Å². The molecule has 4 heterocycles. The van der Waals surface area contributed by atoms with E-state index < -0.39 is 0 Å². The molecule has 0 aromatic carbocycles. The average Bonchev–Trinajstić information content (AvgIpc) is 3.23. The van der Waals surface area contributed by atoms with Gasteiger partial charge in [0.25, 0.3) is 5.78 Å². The minimum absolute atomic E-state index is 0.0190. The van der Waals surface area contributed by atoms with Crippen LogP contribution < -0.4 is 11.0 Å². The highest BCUT2D eigenvalue weighted by Gasteiger charge is 2.16. The summed E-state index contributed by atoms with van der Waals surface area (Å²) < 4.78 is 5.10. The van der Waals surface area contributed by atoms with Crippen LogP contribution in [0.2, 0.25) is 0 Å². The third-order valence-corrected chi connectivity index (χ3v) is 4.55. The van der Waals surface area contributed by atoms with Crippen molar-refractivity contribution in [1.29, 1.82) is 0 Å². The van der Waals surface area contributed by atoms with Gasteiger partial charge in [0.15, 0.2) is 0 Å². The number of hydrogen-bond acceptors (Lipinski definition) is 6. The van der Waals surface area contributed by atoms with E-state index in [9.17, 15) is 4.79 Å². The maximum Gasteiger partial charge on any atom is 0.345 e. The Kier molecular flexibility index (Phi) is 4.21. The standard InChI is InChI=1S/C16H22N8O/c1-2-12-10-14(24-15(20-12)18-11-19-24)17-7-5-9-23-16(25)22-8-4-3-6-13(22)21-23/h10-11,17H,2-9H2,1H3. The molecule has 1 N–H and O–H groups in total. The predicted octanol–water partition coefficient (Wildman–Crippen LogP) is 0.883. The van der Waals surface area contributed by atoms with E-state index in [0.717, 1.165) is 62.5 Å². The lowest BCUT2D eigenvalue weighted by Gasteiger charge is -2.09. The number of fused-ring (bicyclic) bond motifs is 2. The molecule has 0 bridgehead atoms. The largest absolute Gasteiger partial charge is 0.370 e. The normalized spacial score (nSPS) is 14.0. The Morgan fingerprint density at radius 2 is 2.24 bits per heavy atom. The molecule has 9 nitrogen and oxygen atoms in total. The zero-order valence-corrected chi connectivity index (χ0v) is 14.4. The van der Waals surface area contributed by atoms with Gasteiger partial charge in [0.1, 0.15) is 18.0 Å². The molecule has 132 valence electrons. The minimum Gasteiger partial charge on any atom is -0.370 e. The van der Waals surface area contributed by atoms with Gasteiger partial charge in [-0.15, -0.1) is 0 Å². The first-order valence-corrected chi connectivity index (χ1v) is 8.86. The van der Waals surface area contributed by atoms with Gasteiger partial charge in [-0.3, -0.25) is 4.57 Å². The number of rotatable bonds is 6. The molecular formula is C16H22N8O. The fraction of sp³-hybridized carbons (Fsp3) is 0.562. The molecule has 1 aliphatic rings.